The summed E-state index contributed by atoms with van der Waals surface area (Å²) >= 11 is 7.20. The zero-order valence-electron chi connectivity index (χ0n) is 11.1. The van der Waals surface area contributed by atoms with E-state index in [1.54, 1.807) is 6.07 Å². The molecule has 2 rings (SSSR count). The number of nitrogens with one attached hydrogen (secondary N) is 2. The van der Waals surface area contributed by atoms with Crippen molar-refractivity contribution in [2.75, 3.05) is 17.7 Å². The molecule has 0 aliphatic rings. The number of nitrogens with zero attached hydrogens (tertiary/aromatic N) is 2. The highest BCUT2D eigenvalue weighted by Gasteiger charge is 2.35. The number of hydrogen-bond acceptors (Lipinski definition) is 5. The Morgan fingerprint density at radius 3 is 2.43 bits per heavy atom. The van der Waals surface area contributed by atoms with Crippen molar-refractivity contribution in [3.63, 3.8) is 0 Å². The van der Waals surface area contributed by atoms with Crippen molar-refractivity contribution in [1.82, 2.24) is 9.97 Å². The van der Waals surface area contributed by atoms with Crippen LogP contribution in [0.5, 0.6) is 0 Å². The van der Waals surface area contributed by atoms with E-state index in [4.69, 9.17) is 11.6 Å². The summed E-state index contributed by atoms with van der Waals surface area (Å²) in [6, 6.07) is 4.75. The van der Waals surface area contributed by atoms with Crippen LogP contribution < -0.4 is 10.6 Å². The topological polar surface area (TPSA) is 49.8 Å². The SMILES string of the molecule is CNc1cc(NC(C)c2ccc(Cl)s2)nc(C(F)(F)F)n1. The summed E-state index contributed by atoms with van der Waals surface area (Å²) in [5.74, 6) is -0.997. The molecule has 0 spiro atoms. The Morgan fingerprint density at radius 1 is 1.24 bits per heavy atom. The summed E-state index contributed by atoms with van der Waals surface area (Å²) in [6.45, 7) is 1.82. The molecule has 0 amide bonds. The van der Waals surface area contributed by atoms with Crippen LogP contribution in [-0.2, 0) is 6.18 Å². The molecule has 0 aromatic carbocycles. The standard InChI is InChI=1S/C12H12ClF3N4S/c1-6(7-3-4-8(13)21-7)18-10-5-9(17-2)19-11(20-10)12(14,15)16/h3-6H,1-2H3,(H2,17,18,19,20). The largest absolute Gasteiger partial charge is 0.451 e. The Balaban J connectivity index is 2.27. The minimum atomic E-state index is -4.60. The van der Waals surface area contributed by atoms with Crippen molar-refractivity contribution in [1.29, 1.82) is 0 Å². The molecule has 0 bridgehead atoms. The van der Waals surface area contributed by atoms with Crippen LogP contribution in [0.15, 0.2) is 18.2 Å². The van der Waals surface area contributed by atoms with Crippen molar-refractivity contribution >= 4 is 34.6 Å². The molecule has 114 valence electrons. The Morgan fingerprint density at radius 2 is 1.90 bits per heavy atom. The zero-order valence-corrected chi connectivity index (χ0v) is 12.7. The van der Waals surface area contributed by atoms with E-state index in [-0.39, 0.29) is 17.7 Å². The van der Waals surface area contributed by atoms with Gasteiger partial charge in [-0.1, -0.05) is 11.6 Å². The molecule has 0 saturated carbocycles. The quantitative estimate of drug-likeness (QED) is 0.867. The van der Waals surface area contributed by atoms with Gasteiger partial charge in [0, 0.05) is 18.0 Å². The first kappa shape index (κ1) is 15.8. The van der Waals surface area contributed by atoms with Crippen LogP contribution in [0.3, 0.4) is 0 Å². The number of rotatable bonds is 4. The average Bonchev–Trinajstić information content (AvgIpc) is 2.84. The average molecular weight is 337 g/mol. The number of thiophene rings is 1. The van der Waals surface area contributed by atoms with Gasteiger partial charge in [0.15, 0.2) is 0 Å². The molecule has 0 aliphatic carbocycles. The molecule has 2 aromatic heterocycles. The number of alkyl halides is 3. The minimum absolute atomic E-state index is 0.0937. The van der Waals surface area contributed by atoms with Gasteiger partial charge in [-0.3, -0.25) is 0 Å². The minimum Gasteiger partial charge on any atom is -0.373 e. The predicted octanol–water partition coefficient (Wildman–Crippen LogP) is 4.43. The van der Waals surface area contributed by atoms with Crippen molar-refractivity contribution in [2.45, 2.75) is 19.1 Å². The number of aromatic nitrogens is 2. The number of halogens is 4. The third-order valence-corrected chi connectivity index (χ3v) is 4.03. The molecule has 2 heterocycles. The second-order valence-electron chi connectivity index (χ2n) is 4.22. The van der Waals surface area contributed by atoms with Crippen molar-refractivity contribution in [3.05, 3.63) is 33.2 Å². The first-order valence-electron chi connectivity index (χ1n) is 5.95. The second kappa shape index (κ2) is 6.07. The Bertz CT molecular complexity index is 629. The lowest BCUT2D eigenvalue weighted by Crippen LogP contribution is -2.15. The molecule has 4 nitrogen and oxygen atoms in total. The molecular weight excluding hydrogens is 325 g/mol. The van der Waals surface area contributed by atoms with E-state index in [1.807, 2.05) is 13.0 Å². The van der Waals surface area contributed by atoms with Gasteiger partial charge in [-0.25, -0.2) is 9.97 Å². The lowest BCUT2D eigenvalue weighted by molar-refractivity contribution is -0.144. The molecule has 0 aliphatic heterocycles. The molecule has 0 fully saturated rings. The van der Waals surface area contributed by atoms with Crippen LogP contribution in [0.2, 0.25) is 4.34 Å². The van der Waals surface area contributed by atoms with E-state index >= 15 is 0 Å². The lowest BCUT2D eigenvalue weighted by Gasteiger charge is -2.15. The maximum Gasteiger partial charge on any atom is 0.451 e. The molecule has 2 N–H and O–H groups in total. The zero-order chi connectivity index (χ0) is 15.6. The summed E-state index contributed by atoms with van der Waals surface area (Å²) < 4.78 is 38.9. The molecule has 2 aromatic rings. The first-order chi connectivity index (χ1) is 9.79. The summed E-state index contributed by atoms with van der Waals surface area (Å²) in [5, 5.41) is 5.51. The van der Waals surface area contributed by atoms with Gasteiger partial charge in [0.2, 0.25) is 5.82 Å². The normalized spacial score (nSPS) is 13.0. The van der Waals surface area contributed by atoms with Crippen LogP contribution >= 0.6 is 22.9 Å². The van der Waals surface area contributed by atoms with Crippen LogP contribution in [0, 0.1) is 0 Å². The Hall–Kier alpha value is -1.54. The lowest BCUT2D eigenvalue weighted by atomic mass is 10.3. The fraction of sp³-hybridized carbons (Fsp3) is 0.333. The number of hydrogen-bond donors (Lipinski definition) is 2. The van der Waals surface area contributed by atoms with Gasteiger partial charge >= 0.3 is 6.18 Å². The highest BCUT2D eigenvalue weighted by atomic mass is 35.5. The summed E-state index contributed by atoms with van der Waals surface area (Å²) in [7, 11) is 1.49. The molecule has 0 radical (unpaired) electrons. The highest BCUT2D eigenvalue weighted by molar-refractivity contribution is 7.16. The molecule has 1 atom stereocenters. The molecule has 1 unspecified atom stereocenters. The molecule has 0 saturated heterocycles. The van der Waals surface area contributed by atoms with Crippen LogP contribution in [0.25, 0.3) is 0 Å². The van der Waals surface area contributed by atoms with E-state index in [2.05, 4.69) is 20.6 Å². The Kier molecular flexibility index (Phi) is 4.58. The fourth-order valence-corrected chi connectivity index (χ4v) is 2.69. The van der Waals surface area contributed by atoms with Crippen molar-refractivity contribution in [2.24, 2.45) is 0 Å². The third kappa shape index (κ3) is 3.98. The first-order valence-corrected chi connectivity index (χ1v) is 7.15. The molecular formula is C12H12ClF3N4S. The van der Waals surface area contributed by atoms with Crippen LogP contribution in [-0.4, -0.2) is 17.0 Å². The van der Waals surface area contributed by atoms with E-state index in [9.17, 15) is 13.2 Å². The van der Waals surface area contributed by atoms with Gasteiger partial charge in [0.1, 0.15) is 11.6 Å². The van der Waals surface area contributed by atoms with Gasteiger partial charge in [-0.15, -0.1) is 11.3 Å². The van der Waals surface area contributed by atoms with Crippen LogP contribution in [0.4, 0.5) is 24.8 Å². The fourth-order valence-electron chi connectivity index (χ4n) is 1.63. The monoisotopic (exact) mass is 336 g/mol. The smallest absolute Gasteiger partial charge is 0.373 e. The maximum absolute atomic E-state index is 12.8. The van der Waals surface area contributed by atoms with Gasteiger partial charge < -0.3 is 10.6 Å². The van der Waals surface area contributed by atoms with E-state index in [0.717, 1.165) is 4.88 Å². The summed E-state index contributed by atoms with van der Waals surface area (Å²) in [6.07, 6.45) is -4.60. The molecule has 21 heavy (non-hydrogen) atoms. The van der Waals surface area contributed by atoms with Gasteiger partial charge in [0.25, 0.3) is 0 Å². The van der Waals surface area contributed by atoms with E-state index in [1.165, 1.54) is 24.5 Å². The van der Waals surface area contributed by atoms with E-state index < -0.39 is 12.0 Å². The van der Waals surface area contributed by atoms with Crippen molar-refractivity contribution < 1.29 is 13.2 Å². The van der Waals surface area contributed by atoms with Gasteiger partial charge in [-0.2, -0.15) is 13.2 Å². The van der Waals surface area contributed by atoms with Crippen molar-refractivity contribution in [3.8, 4) is 0 Å². The number of anilines is 2. The summed E-state index contributed by atoms with van der Waals surface area (Å²) in [5.41, 5.74) is 0. The van der Waals surface area contributed by atoms with Gasteiger partial charge in [-0.05, 0) is 19.1 Å². The molecule has 9 heteroatoms. The maximum atomic E-state index is 12.8. The van der Waals surface area contributed by atoms with E-state index in [0.29, 0.717) is 4.34 Å². The third-order valence-electron chi connectivity index (χ3n) is 2.62. The highest BCUT2D eigenvalue weighted by Crippen LogP contribution is 2.31. The van der Waals surface area contributed by atoms with Crippen LogP contribution in [0.1, 0.15) is 23.7 Å². The van der Waals surface area contributed by atoms with Gasteiger partial charge in [0.05, 0.1) is 10.4 Å². The Labute approximate surface area is 128 Å². The second-order valence-corrected chi connectivity index (χ2v) is 5.96. The predicted molar refractivity (Wildman–Crippen MR) is 77.9 cm³/mol. The summed E-state index contributed by atoms with van der Waals surface area (Å²) in [4.78, 5) is 7.81.